The highest BCUT2D eigenvalue weighted by Gasteiger charge is 2.13. The van der Waals surface area contributed by atoms with Crippen LogP contribution in [0.3, 0.4) is 0 Å². The van der Waals surface area contributed by atoms with Gasteiger partial charge in [-0.2, -0.15) is 5.10 Å². The van der Waals surface area contributed by atoms with Crippen LogP contribution >= 0.6 is 11.6 Å². The smallest absolute Gasteiger partial charge is 0.358 e. The molecule has 2 heterocycles. The van der Waals surface area contributed by atoms with E-state index in [9.17, 15) is 4.79 Å². The van der Waals surface area contributed by atoms with Crippen molar-refractivity contribution in [1.29, 1.82) is 0 Å². The molecule has 0 saturated heterocycles. The number of ether oxygens (including phenoxy) is 1. The van der Waals surface area contributed by atoms with E-state index in [1.165, 1.54) is 10.7 Å². The Morgan fingerprint density at radius 2 is 2.38 bits per heavy atom. The number of carbonyl (C=O) groups is 1. The summed E-state index contributed by atoms with van der Waals surface area (Å²) < 4.78 is 6.33. The third kappa shape index (κ3) is 1.86. The lowest BCUT2D eigenvalue weighted by Crippen LogP contribution is -2.04. The van der Waals surface area contributed by atoms with Crippen LogP contribution in [0, 0.1) is 6.92 Å². The lowest BCUT2D eigenvalue weighted by atomic mass is 10.3. The van der Waals surface area contributed by atoms with E-state index in [2.05, 4.69) is 10.1 Å². The number of aromatic nitrogens is 3. The normalized spacial score (nSPS) is 10.7. The molecule has 84 valence electrons. The summed E-state index contributed by atoms with van der Waals surface area (Å²) in [7, 11) is 0. The molecule has 0 N–H and O–H groups in total. The van der Waals surface area contributed by atoms with Crippen LogP contribution in [0.2, 0.25) is 5.15 Å². The van der Waals surface area contributed by atoms with Crippen molar-refractivity contribution in [2.75, 3.05) is 6.61 Å². The van der Waals surface area contributed by atoms with Crippen LogP contribution in [0.1, 0.15) is 23.0 Å². The van der Waals surface area contributed by atoms with Crippen molar-refractivity contribution in [3.8, 4) is 0 Å². The molecule has 2 rings (SSSR count). The maximum atomic E-state index is 11.5. The molecule has 0 amide bonds. The van der Waals surface area contributed by atoms with Crippen LogP contribution in [0.5, 0.6) is 0 Å². The van der Waals surface area contributed by atoms with Gasteiger partial charge in [0.2, 0.25) is 0 Å². The summed E-state index contributed by atoms with van der Waals surface area (Å²) in [6, 6.07) is 1.69. The molecule has 0 aliphatic rings. The van der Waals surface area contributed by atoms with Crippen molar-refractivity contribution in [3.05, 3.63) is 28.7 Å². The minimum absolute atomic E-state index is 0.236. The molecule has 6 heteroatoms. The standard InChI is InChI=1S/C10H10ClN3O2/c1-3-16-10(15)7-5-14-9(12-7)6(2)4-8(11)13-14/h4-5H,3H2,1-2H3. The molecule has 0 spiro atoms. The second kappa shape index (κ2) is 4.09. The van der Waals surface area contributed by atoms with Gasteiger partial charge in [-0.15, -0.1) is 0 Å². The summed E-state index contributed by atoms with van der Waals surface area (Å²) >= 11 is 5.80. The Labute approximate surface area is 97.0 Å². The van der Waals surface area contributed by atoms with Crippen molar-refractivity contribution in [2.45, 2.75) is 13.8 Å². The first-order valence-corrected chi connectivity index (χ1v) is 5.19. The minimum atomic E-state index is -0.455. The zero-order chi connectivity index (χ0) is 11.7. The number of imidazole rings is 1. The molecule has 0 aliphatic carbocycles. The Morgan fingerprint density at radius 3 is 3.06 bits per heavy atom. The summed E-state index contributed by atoms with van der Waals surface area (Å²) in [5.74, 6) is -0.455. The Morgan fingerprint density at radius 1 is 1.62 bits per heavy atom. The molecule has 0 fully saturated rings. The molecule has 0 saturated carbocycles. The van der Waals surface area contributed by atoms with Crippen LogP contribution < -0.4 is 0 Å². The summed E-state index contributed by atoms with van der Waals surface area (Å²) in [6.07, 6.45) is 1.51. The average Bonchev–Trinajstić information content (AvgIpc) is 2.62. The van der Waals surface area contributed by atoms with E-state index in [0.29, 0.717) is 17.4 Å². The summed E-state index contributed by atoms with van der Waals surface area (Å²) in [5, 5.41) is 4.37. The van der Waals surface area contributed by atoms with Crippen molar-refractivity contribution >= 4 is 23.2 Å². The van der Waals surface area contributed by atoms with Gasteiger partial charge in [0.15, 0.2) is 11.3 Å². The van der Waals surface area contributed by atoms with Crippen LogP contribution in [0.15, 0.2) is 12.3 Å². The fraction of sp³-hybridized carbons (Fsp3) is 0.300. The highest BCUT2D eigenvalue weighted by Crippen LogP contribution is 2.14. The molecule has 2 aromatic heterocycles. The molecule has 2 aromatic rings. The number of esters is 1. The topological polar surface area (TPSA) is 56.5 Å². The molecule has 0 radical (unpaired) electrons. The predicted octanol–water partition coefficient (Wildman–Crippen LogP) is 1.87. The van der Waals surface area contributed by atoms with Gasteiger partial charge in [-0.1, -0.05) is 11.6 Å². The van der Waals surface area contributed by atoms with E-state index >= 15 is 0 Å². The third-order valence-corrected chi connectivity index (χ3v) is 2.25. The number of halogens is 1. The Bertz CT molecular complexity index is 550. The Balaban J connectivity index is 2.51. The minimum Gasteiger partial charge on any atom is -0.461 e. The second-order valence-electron chi connectivity index (χ2n) is 3.26. The zero-order valence-corrected chi connectivity index (χ0v) is 9.65. The van der Waals surface area contributed by atoms with E-state index in [-0.39, 0.29) is 5.69 Å². The number of aryl methyl sites for hydroxylation is 1. The first kappa shape index (κ1) is 10.9. The van der Waals surface area contributed by atoms with Gasteiger partial charge < -0.3 is 4.74 Å². The number of nitrogens with zero attached hydrogens (tertiary/aromatic N) is 3. The first-order valence-electron chi connectivity index (χ1n) is 4.81. The van der Waals surface area contributed by atoms with Crippen molar-refractivity contribution in [3.63, 3.8) is 0 Å². The molecule has 0 unspecified atom stereocenters. The molecule has 0 bridgehead atoms. The molecule has 0 aromatic carbocycles. The molecular formula is C10H10ClN3O2. The zero-order valence-electron chi connectivity index (χ0n) is 8.90. The number of hydrogen-bond donors (Lipinski definition) is 0. The van der Waals surface area contributed by atoms with Crippen LogP contribution in [0.25, 0.3) is 5.65 Å². The molecule has 16 heavy (non-hydrogen) atoms. The van der Waals surface area contributed by atoms with Gasteiger partial charge in [-0.25, -0.2) is 14.3 Å². The lowest BCUT2D eigenvalue weighted by Gasteiger charge is -1.96. The number of hydrogen-bond acceptors (Lipinski definition) is 4. The fourth-order valence-electron chi connectivity index (χ4n) is 1.39. The Kier molecular flexibility index (Phi) is 2.78. The summed E-state index contributed by atoms with van der Waals surface area (Å²) in [6.45, 7) is 3.92. The summed E-state index contributed by atoms with van der Waals surface area (Å²) in [4.78, 5) is 15.6. The maximum absolute atomic E-state index is 11.5. The van der Waals surface area contributed by atoms with E-state index in [4.69, 9.17) is 16.3 Å². The number of rotatable bonds is 2. The predicted molar refractivity (Wildman–Crippen MR) is 58.7 cm³/mol. The highest BCUT2D eigenvalue weighted by molar-refractivity contribution is 6.29. The van der Waals surface area contributed by atoms with Gasteiger partial charge >= 0.3 is 5.97 Å². The average molecular weight is 240 g/mol. The number of fused-ring (bicyclic) bond motifs is 1. The van der Waals surface area contributed by atoms with Gasteiger partial charge in [0.1, 0.15) is 5.15 Å². The molecule has 0 aliphatic heterocycles. The lowest BCUT2D eigenvalue weighted by molar-refractivity contribution is 0.0520. The van der Waals surface area contributed by atoms with Gasteiger partial charge in [0, 0.05) is 0 Å². The monoisotopic (exact) mass is 239 g/mol. The van der Waals surface area contributed by atoms with E-state index in [1.54, 1.807) is 13.0 Å². The van der Waals surface area contributed by atoms with Gasteiger partial charge in [-0.3, -0.25) is 0 Å². The molecule has 0 atom stereocenters. The highest BCUT2D eigenvalue weighted by atomic mass is 35.5. The van der Waals surface area contributed by atoms with Crippen LogP contribution in [0.4, 0.5) is 0 Å². The summed E-state index contributed by atoms with van der Waals surface area (Å²) in [5.41, 5.74) is 1.70. The van der Waals surface area contributed by atoms with E-state index in [0.717, 1.165) is 5.56 Å². The third-order valence-electron chi connectivity index (χ3n) is 2.06. The van der Waals surface area contributed by atoms with Gasteiger partial charge in [0.25, 0.3) is 0 Å². The first-order chi connectivity index (χ1) is 7.61. The largest absolute Gasteiger partial charge is 0.461 e. The van der Waals surface area contributed by atoms with E-state index in [1.807, 2.05) is 6.92 Å². The second-order valence-corrected chi connectivity index (χ2v) is 3.65. The fourth-order valence-corrected chi connectivity index (χ4v) is 1.64. The quantitative estimate of drug-likeness (QED) is 0.751. The maximum Gasteiger partial charge on any atom is 0.358 e. The Hall–Kier alpha value is -1.62. The molecular weight excluding hydrogens is 230 g/mol. The number of carbonyl (C=O) groups excluding carboxylic acids is 1. The van der Waals surface area contributed by atoms with E-state index < -0.39 is 5.97 Å². The van der Waals surface area contributed by atoms with Crippen LogP contribution in [-0.2, 0) is 4.74 Å². The molecule has 5 nitrogen and oxygen atoms in total. The van der Waals surface area contributed by atoms with Crippen molar-refractivity contribution < 1.29 is 9.53 Å². The van der Waals surface area contributed by atoms with Gasteiger partial charge in [-0.05, 0) is 25.5 Å². The van der Waals surface area contributed by atoms with Crippen molar-refractivity contribution in [1.82, 2.24) is 14.6 Å². The van der Waals surface area contributed by atoms with Crippen LogP contribution in [-0.4, -0.2) is 27.2 Å². The van der Waals surface area contributed by atoms with Gasteiger partial charge in [0.05, 0.1) is 12.8 Å². The SMILES string of the molecule is CCOC(=O)c1cn2nc(Cl)cc(C)c2n1. The van der Waals surface area contributed by atoms with Crippen molar-refractivity contribution in [2.24, 2.45) is 0 Å².